The van der Waals surface area contributed by atoms with Crippen LogP contribution in [0.5, 0.6) is 0 Å². The summed E-state index contributed by atoms with van der Waals surface area (Å²) in [7, 11) is 0. The minimum absolute atomic E-state index is 0.0540. The third kappa shape index (κ3) is 3.16. The van der Waals surface area contributed by atoms with E-state index in [1.54, 1.807) is 31.2 Å². The number of thiocarbonyl (C=S) groups is 1. The van der Waals surface area contributed by atoms with E-state index in [0.717, 1.165) is 0 Å². The molecule has 0 saturated carbocycles. The molecule has 0 aliphatic rings. The molecule has 1 N–H and O–H groups in total. The highest BCUT2D eigenvalue weighted by atomic mass is 32.1. The summed E-state index contributed by atoms with van der Waals surface area (Å²) in [5.41, 5.74) is 1.92. The van der Waals surface area contributed by atoms with Gasteiger partial charge in [0, 0.05) is 22.9 Å². The van der Waals surface area contributed by atoms with Crippen molar-refractivity contribution in [1.29, 1.82) is 0 Å². The van der Waals surface area contributed by atoms with Crippen LogP contribution < -0.4 is 5.32 Å². The average Bonchev–Trinajstić information content (AvgIpc) is 2.40. The van der Waals surface area contributed by atoms with Crippen LogP contribution in [0.4, 0.5) is 15.8 Å². The van der Waals surface area contributed by atoms with E-state index in [-0.39, 0.29) is 11.5 Å². The Bertz CT molecular complexity index is 671. The molecule has 2 aromatic carbocycles. The van der Waals surface area contributed by atoms with Gasteiger partial charge in [-0.3, -0.25) is 10.1 Å². The molecule has 2 rings (SSSR count). The SMILES string of the molecule is Cc1cc(C(=S)Nc2ccc(F)cc2)ccc1[N+](=O)[O-]. The Labute approximate surface area is 120 Å². The number of anilines is 1. The smallest absolute Gasteiger partial charge is 0.272 e. The predicted molar refractivity (Wildman–Crippen MR) is 79.6 cm³/mol. The zero-order valence-electron chi connectivity index (χ0n) is 10.6. The minimum atomic E-state index is -0.435. The number of nitrogens with zero attached hydrogens (tertiary/aromatic N) is 1. The van der Waals surface area contributed by atoms with Gasteiger partial charge in [-0.05, 0) is 43.3 Å². The van der Waals surface area contributed by atoms with Crippen LogP contribution in [0.2, 0.25) is 0 Å². The van der Waals surface area contributed by atoms with E-state index in [9.17, 15) is 14.5 Å². The summed E-state index contributed by atoms with van der Waals surface area (Å²) >= 11 is 5.23. The molecule has 6 heteroatoms. The minimum Gasteiger partial charge on any atom is -0.346 e. The van der Waals surface area contributed by atoms with Crippen LogP contribution in [-0.2, 0) is 0 Å². The van der Waals surface area contributed by atoms with E-state index in [1.165, 1.54) is 18.2 Å². The fourth-order valence-corrected chi connectivity index (χ4v) is 1.98. The van der Waals surface area contributed by atoms with Crippen LogP contribution in [-0.4, -0.2) is 9.91 Å². The van der Waals surface area contributed by atoms with Crippen molar-refractivity contribution in [3.63, 3.8) is 0 Å². The first-order valence-corrected chi connectivity index (χ1v) is 6.20. The molecule has 0 aliphatic heterocycles. The second-order valence-corrected chi connectivity index (χ2v) is 4.63. The summed E-state index contributed by atoms with van der Waals surface area (Å²) < 4.78 is 12.8. The Morgan fingerprint density at radius 2 is 1.90 bits per heavy atom. The van der Waals surface area contributed by atoms with E-state index < -0.39 is 4.92 Å². The molecule has 4 nitrogen and oxygen atoms in total. The fraction of sp³-hybridized carbons (Fsp3) is 0.0714. The van der Waals surface area contributed by atoms with Crippen LogP contribution in [0.25, 0.3) is 0 Å². The molecule has 0 bridgehead atoms. The van der Waals surface area contributed by atoms with Crippen LogP contribution >= 0.6 is 12.2 Å². The molecule has 0 spiro atoms. The van der Waals surface area contributed by atoms with Crippen molar-refractivity contribution >= 4 is 28.6 Å². The maximum atomic E-state index is 12.8. The molecule has 2 aromatic rings. The van der Waals surface area contributed by atoms with Crippen molar-refractivity contribution in [2.75, 3.05) is 5.32 Å². The molecule has 0 aliphatic carbocycles. The van der Waals surface area contributed by atoms with Gasteiger partial charge >= 0.3 is 0 Å². The maximum Gasteiger partial charge on any atom is 0.272 e. The third-order valence-corrected chi connectivity index (χ3v) is 3.10. The summed E-state index contributed by atoms with van der Waals surface area (Å²) in [6.45, 7) is 1.65. The molecule has 0 fully saturated rings. The number of nitro benzene ring substituents is 1. The topological polar surface area (TPSA) is 55.2 Å². The second kappa shape index (κ2) is 5.75. The van der Waals surface area contributed by atoms with Gasteiger partial charge < -0.3 is 5.32 Å². The van der Waals surface area contributed by atoms with Crippen molar-refractivity contribution in [2.24, 2.45) is 0 Å². The molecule has 20 heavy (non-hydrogen) atoms. The lowest BCUT2D eigenvalue weighted by Crippen LogP contribution is -2.11. The van der Waals surface area contributed by atoms with Crippen molar-refractivity contribution in [3.05, 3.63) is 69.5 Å². The zero-order valence-corrected chi connectivity index (χ0v) is 11.4. The van der Waals surface area contributed by atoms with Crippen molar-refractivity contribution in [2.45, 2.75) is 6.92 Å². The van der Waals surface area contributed by atoms with Crippen molar-refractivity contribution in [1.82, 2.24) is 0 Å². The first kappa shape index (κ1) is 14.1. The van der Waals surface area contributed by atoms with E-state index in [0.29, 0.717) is 21.8 Å². The van der Waals surface area contributed by atoms with Crippen LogP contribution in [0.1, 0.15) is 11.1 Å². The molecule has 0 heterocycles. The third-order valence-electron chi connectivity index (χ3n) is 2.76. The van der Waals surface area contributed by atoms with Gasteiger partial charge in [-0.15, -0.1) is 0 Å². The Kier molecular flexibility index (Phi) is 4.05. The van der Waals surface area contributed by atoms with E-state index in [2.05, 4.69) is 5.32 Å². The lowest BCUT2D eigenvalue weighted by Gasteiger charge is -2.09. The number of nitro groups is 1. The number of benzene rings is 2. The Morgan fingerprint density at radius 1 is 1.25 bits per heavy atom. The molecule has 0 amide bonds. The van der Waals surface area contributed by atoms with Gasteiger partial charge in [-0.25, -0.2) is 4.39 Å². The summed E-state index contributed by atoms with van der Waals surface area (Å²) in [4.78, 5) is 10.7. The summed E-state index contributed by atoms with van der Waals surface area (Å²) in [5.74, 6) is -0.326. The highest BCUT2D eigenvalue weighted by molar-refractivity contribution is 7.81. The van der Waals surface area contributed by atoms with Crippen LogP contribution in [0.15, 0.2) is 42.5 Å². The zero-order chi connectivity index (χ0) is 14.7. The fourth-order valence-electron chi connectivity index (χ4n) is 1.74. The summed E-state index contributed by atoms with van der Waals surface area (Å²) in [5, 5.41) is 13.7. The van der Waals surface area contributed by atoms with Gasteiger partial charge in [-0.1, -0.05) is 12.2 Å². The van der Waals surface area contributed by atoms with Gasteiger partial charge in [0.2, 0.25) is 0 Å². The lowest BCUT2D eigenvalue weighted by molar-refractivity contribution is -0.385. The molecule has 0 atom stereocenters. The van der Waals surface area contributed by atoms with Gasteiger partial charge in [0.05, 0.1) is 4.92 Å². The number of hydrogen-bond donors (Lipinski definition) is 1. The summed E-state index contributed by atoms with van der Waals surface area (Å²) in [6, 6.07) is 10.4. The number of hydrogen-bond acceptors (Lipinski definition) is 3. The highest BCUT2D eigenvalue weighted by Crippen LogP contribution is 2.20. The number of nitrogens with one attached hydrogen (secondary N) is 1. The first-order chi connectivity index (χ1) is 9.47. The van der Waals surface area contributed by atoms with Gasteiger partial charge in [0.15, 0.2) is 0 Å². The Balaban J connectivity index is 2.19. The maximum absolute atomic E-state index is 12.8. The molecule has 0 unspecified atom stereocenters. The van der Waals surface area contributed by atoms with Gasteiger partial charge in [0.1, 0.15) is 10.8 Å². The monoisotopic (exact) mass is 290 g/mol. The number of aryl methyl sites for hydroxylation is 1. The Morgan fingerprint density at radius 3 is 2.45 bits per heavy atom. The molecule has 0 aromatic heterocycles. The number of rotatable bonds is 3. The highest BCUT2D eigenvalue weighted by Gasteiger charge is 2.12. The second-order valence-electron chi connectivity index (χ2n) is 4.22. The quantitative estimate of drug-likeness (QED) is 0.530. The molecule has 0 radical (unpaired) electrons. The molecule has 0 saturated heterocycles. The van der Waals surface area contributed by atoms with Crippen LogP contribution in [0, 0.1) is 22.9 Å². The predicted octanol–water partition coefficient (Wildman–Crippen LogP) is 3.83. The molecule has 102 valence electrons. The van der Waals surface area contributed by atoms with Crippen LogP contribution in [0.3, 0.4) is 0 Å². The first-order valence-electron chi connectivity index (χ1n) is 5.79. The van der Waals surface area contributed by atoms with E-state index in [4.69, 9.17) is 12.2 Å². The van der Waals surface area contributed by atoms with Gasteiger partial charge in [-0.2, -0.15) is 0 Å². The van der Waals surface area contributed by atoms with Crippen molar-refractivity contribution < 1.29 is 9.31 Å². The average molecular weight is 290 g/mol. The summed E-state index contributed by atoms with van der Waals surface area (Å²) in [6.07, 6.45) is 0. The number of halogens is 1. The largest absolute Gasteiger partial charge is 0.346 e. The normalized spacial score (nSPS) is 10.1. The Hall–Kier alpha value is -2.34. The van der Waals surface area contributed by atoms with Crippen molar-refractivity contribution in [3.8, 4) is 0 Å². The molecular formula is C14H11FN2O2S. The van der Waals surface area contributed by atoms with E-state index >= 15 is 0 Å². The lowest BCUT2D eigenvalue weighted by atomic mass is 10.1. The van der Waals surface area contributed by atoms with Gasteiger partial charge in [0.25, 0.3) is 5.69 Å². The van der Waals surface area contributed by atoms with E-state index in [1.807, 2.05) is 0 Å². The standard InChI is InChI=1S/C14H11FN2O2S/c1-9-8-10(2-7-13(9)17(18)19)14(20)16-12-5-3-11(15)4-6-12/h2-8H,1H3,(H,16,20). The molecular weight excluding hydrogens is 279 g/mol.